The summed E-state index contributed by atoms with van der Waals surface area (Å²) in [7, 11) is 0. The Bertz CT molecular complexity index is 860. The van der Waals surface area contributed by atoms with Crippen molar-refractivity contribution in [2.45, 2.75) is 25.5 Å². The van der Waals surface area contributed by atoms with Crippen molar-refractivity contribution in [2.75, 3.05) is 19.7 Å². The van der Waals surface area contributed by atoms with E-state index in [9.17, 15) is 5.11 Å². The first-order valence-corrected chi connectivity index (χ1v) is 10.4. The van der Waals surface area contributed by atoms with Crippen LogP contribution in [0.2, 0.25) is 0 Å². The Morgan fingerprint density at radius 3 is 2.59 bits per heavy atom. The van der Waals surface area contributed by atoms with Crippen LogP contribution in [0.15, 0.2) is 66.0 Å². The molecule has 4 rings (SSSR count). The average molecular weight is 380 g/mol. The van der Waals surface area contributed by atoms with E-state index < -0.39 is 6.10 Å². The van der Waals surface area contributed by atoms with E-state index in [0.717, 1.165) is 24.3 Å². The van der Waals surface area contributed by atoms with Gasteiger partial charge in [-0.15, -0.1) is 11.3 Å². The van der Waals surface area contributed by atoms with E-state index in [-0.39, 0.29) is 0 Å². The van der Waals surface area contributed by atoms with Gasteiger partial charge in [-0.05, 0) is 53.6 Å². The van der Waals surface area contributed by atoms with Gasteiger partial charge in [-0.3, -0.25) is 4.90 Å². The molecule has 0 bridgehead atoms. The summed E-state index contributed by atoms with van der Waals surface area (Å²) >= 11 is 1.84. The number of ether oxygens (including phenoxy) is 1. The molecule has 140 valence electrons. The fraction of sp³-hybridized carbons (Fsp3) is 0.304. The zero-order valence-electron chi connectivity index (χ0n) is 15.5. The zero-order valence-corrected chi connectivity index (χ0v) is 16.4. The van der Waals surface area contributed by atoms with E-state index in [1.807, 2.05) is 41.7 Å². The van der Waals surface area contributed by atoms with Crippen LogP contribution in [0.5, 0.6) is 5.75 Å². The molecule has 1 N–H and O–H groups in total. The van der Waals surface area contributed by atoms with Crippen LogP contribution < -0.4 is 4.74 Å². The molecule has 0 aliphatic carbocycles. The number of β-amino-alcohol motifs (C(OH)–C–C–N with tert-alkyl or cyclic N) is 1. The standard InChI is InChI=1S/C23H25NO2S/c1-17-22-12-14-27-23(22)11-13-24(17)15-20(25)16-26-21-9-7-19(8-10-21)18-5-3-2-4-6-18/h2-10,12,14,17,20,25H,11,13,15-16H2,1H3/t17-,20-/m0/s1. The number of thiophene rings is 1. The molecule has 2 heterocycles. The number of benzene rings is 2. The van der Waals surface area contributed by atoms with Gasteiger partial charge in [0, 0.05) is 24.0 Å². The third-order valence-electron chi connectivity index (χ3n) is 5.25. The smallest absolute Gasteiger partial charge is 0.119 e. The van der Waals surface area contributed by atoms with Crippen LogP contribution in [0.1, 0.15) is 23.4 Å². The lowest BCUT2D eigenvalue weighted by Gasteiger charge is -2.34. The fourth-order valence-electron chi connectivity index (χ4n) is 3.70. The lowest BCUT2D eigenvalue weighted by Crippen LogP contribution is -2.40. The van der Waals surface area contributed by atoms with Crippen LogP contribution >= 0.6 is 11.3 Å². The van der Waals surface area contributed by atoms with Gasteiger partial charge in [0.05, 0.1) is 0 Å². The molecule has 3 nitrogen and oxygen atoms in total. The van der Waals surface area contributed by atoms with Crippen molar-refractivity contribution < 1.29 is 9.84 Å². The van der Waals surface area contributed by atoms with Gasteiger partial charge >= 0.3 is 0 Å². The van der Waals surface area contributed by atoms with Crippen molar-refractivity contribution in [3.05, 3.63) is 76.5 Å². The van der Waals surface area contributed by atoms with Gasteiger partial charge in [0.2, 0.25) is 0 Å². The predicted octanol–water partition coefficient (Wildman–Crippen LogP) is 4.77. The Morgan fingerprint density at radius 2 is 1.81 bits per heavy atom. The molecule has 1 aliphatic heterocycles. The quantitative estimate of drug-likeness (QED) is 0.669. The van der Waals surface area contributed by atoms with Gasteiger partial charge in [0.15, 0.2) is 0 Å². The summed E-state index contributed by atoms with van der Waals surface area (Å²) in [6, 6.07) is 20.9. The molecule has 1 aliphatic rings. The number of hydrogen-bond donors (Lipinski definition) is 1. The predicted molar refractivity (Wildman–Crippen MR) is 111 cm³/mol. The Hall–Kier alpha value is -2.14. The molecule has 27 heavy (non-hydrogen) atoms. The minimum Gasteiger partial charge on any atom is -0.491 e. The van der Waals surface area contributed by atoms with Crippen LogP contribution in [0, 0.1) is 0 Å². The van der Waals surface area contributed by atoms with Crippen molar-refractivity contribution in [3.8, 4) is 16.9 Å². The molecule has 4 heteroatoms. The van der Waals surface area contributed by atoms with Crippen molar-refractivity contribution in [1.82, 2.24) is 4.90 Å². The van der Waals surface area contributed by atoms with Crippen molar-refractivity contribution in [1.29, 1.82) is 0 Å². The zero-order chi connectivity index (χ0) is 18.6. The van der Waals surface area contributed by atoms with E-state index in [1.54, 1.807) is 0 Å². The number of rotatable bonds is 6. The lowest BCUT2D eigenvalue weighted by molar-refractivity contribution is 0.0522. The first-order chi connectivity index (χ1) is 13.2. The third kappa shape index (κ3) is 4.24. The minimum atomic E-state index is -0.499. The molecule has 0 radical (unpaired) electrons. The summed E-state index contributed by atoms with van der Waals surface area (Å²) in [5.74, 6) is 0.792. The summed E-state index contributed by atoms with van der Waals surface area (Å²) in [4.78, 5) is 3.84. The SMILES string of the molecule is C[C@H]1c2ccsc2CCN1C[C@H](O)COc1ccc(-c2ccccc2)cc1. The summed E-state index contributed by atoms with van der Waals surface area (Å²) in [6.07, 6.45) is 0.577. The Balaban J connectivity index is 1.30. The van der Waals surface area contributed by atoms with Gasteiger partial charge in [0.1, 0.15) is 18.5 Å². The second-order valence-electron chi connectivity index (χ2n) is 7.08. The highest BCUT2D eigenvalue weighted by Crippen LogP contribution is 2.32. The number of hydrogen-bond acceptors (Lipinski definition) is 4. The summed E-state index contributed by atoms with van der Waals surface area (Å²) in [6.45, 7) is 4.17. The molecular formula is C23H25NO2S. The molecule has 0 spiro atoms. The van der Waals surface area contributed by atoms with Gasteiger partial charge < -0.3 is 9.84 Å². The van der Waals surface area contributed by atoms with Crippen LogP contribution in [0.3, 0.4) is 0 Å². The normalized spacial score (nSPS) is 18.1. The molecule has 3 aromatic rings. The Labute approximate surface area is 164 Å². The highest BCUT2D eigenvalue weighted by molar-refractivity contribution is 7.10. The second-order valence-corrected chi connectivity index (χ2v) is 8.08. The summed E-state index contributed by atoms with van der Waals surface area (Å²) < 4.78 is 5.82. The fourth-order valence-corrected chi connectivity index (χ4v) is 4.66. The maximum Gasteiger partial charge on any atom is 0.119 e. The number of nitrogens with zero attached hydrogens (tertiary/aromatic N) is 1. The summed E-state index contributed by atoms with van der Waals surface area (Å²) in [5.41, 5.74) is 3.77. The molecule has 0 amide bonds. The van der Waals surface area contributed by atoms with Gasteiger partial charge in [-0.25, -0.2) is 0 Å². The first-order valence-electron chi connectivity index (χ1n) is 9.47. The van der Waals surface area contributed by atoms with Gasteiger partial charge in [-0.1, -0.05) is 42.5 Å². The Morgan fingerprint density at radius 1 is 1.07 bits per heavy atom. The third-order valence-corrected chi connectivity index (χ3v) is 6.25. The highest BCUT2D eigenvalue weighted by atomic mass is 32.1. The van der Waals surface area contributed by atoms with E-state index in [2.05, 4.69) is 47.5 Å². The lowest BCUT2D eigenvalue weighted by atomic mass is 10.0. The van der Waals surface area contributed by atoms with E-state index in [0.29, 0.717) is 19.2 Å². The number of fused-ring (bicyclic) bond motifs is 1. The molecule has 2 atom stereocenters. The monoisotopic (exact) mass is 379 g/mol. The van der Waals surface area contributed by atoms with Gasteiger partial charge in [-0.2, -0.15) is 0 Å². The number of aliphatic hydroxyl groups excluding tert-OH is 1. The van der Waals surface area contributed by atoms with E-state index in [4.69, 9.17) is 4.74 Å². The first kappa shape index (κ1) is 18.2. The van der Waals surface area contributed by atoms with Crippen molar-refractivity contribution in [3.63, 3.8) is 0 Å². The summed E-state index contributed by atoms with van der Waals surface area (Å²) in [5, 5.41) is 12.6. The van der Waals surface area contributed by atoms with E-state index in [1.165, 1.54) is 16.0 Å². The maximum atomic E-state index is 10.4. The second kappa shape index (κ2) is 8.26. The molecule has 0 fully saturated rings. The van der Waals surface area contributed by atoms with Crippen LogP contribution in [0.4, 0.5) is 0 Å². The maximum absolute atomic E-state index is 10.4. The topological polar surface area (TPSA) is 32.7 Å². The van der Waals surface area contributed by atoms with Crippen molar-refractivity contribution in [2.24, 2.45) is 0 Å². The van der Waals surface area contributed by atoms with Crippen LogP contribution in [-0.2, 0) is 6.42 Å². The van der Waals surface area contributed by atoms with Crippen molar-refractivity contribution >= 4 is 11.3 Å². The molecule has 2 aromatic carbocycles. The molecule has 1 aromatic heterocycles. The minimum absolute atomic E-state index is 0.310. The largest absolute Gasteiger partial charge is 0.491 e. The van der Waals surface area contributed by atoms with Gasteiger partial charge in [0.25, 0.3) is 0 Å². The molecule has 0 saturated heterocycles. The van der Waals surface area contributed by atoms with E-state index >= 15 is 0 Å². The van der Waals surface area contributed by atoms with Crippen LogP contribution in [0.25, 0.3) is 11.1 Å². The van der Waals surface area contributed by atoms with Crippen LogP contribution in [-0.4, -0.2) is 35.8 Å². The highest BCUT2D eigenvalue weighted by Gasteiger charge is 2.26. The average Bonchev–Trinajstić information content (AvgIpc) is 3.19. The molecular weight excluding hydrogens is 354 g/mol. The number of aliphatic hydroxyl groups is 1. The molecule has 0 saturated carbocycles. The Kier molecular flexibility index (Phi) is 5.58. The molecule has 0 unspecified atom stereocenters.